The van der Waals surface area contributed by atoms with Crippen molar-refractivity contribution in [2.24, 2.45) is 0 Å². The Kier molecular flexibility index (Phi) is 19.5. The van der Waals surface area contributed by atoms with Crippen LogP contribution in [0.25, 0.3) is 0 Å². The van der Waals surface area contributed by atoms with Gasteiger partial charge in [-0.2, -0.15) is 36.4 Å². The van der Waals surface area contributed by atoms with Crippen LogP contribution in [0.4, 0.5) is 28.9 Å². The van der Waals surface area contributed by atoms with Gasteiger partial charge in [0.25, 0.3) is 0 Å². The molecule has 0 spiro atoms. The van der Waals surface area contributed by atoms with Gasteiger partial charge in [-0.15, -0.1) is 36.4 Å². The van der Waals surface area contributed by atoms with Gasteiger partial charge in [0, 0.05) is 50.2 Å². The summed E-state index contributed by atoms with van der Waals surface area (Å²) in [6.07, 6.45) is 2.06. The smallest absolute Gasteiger partial charge is 0.366 e. The summed E-state index contributed by atoms with van der Waals surface area (Å²) in [7, 11) is 2.92. The van der Waals surface area contributed by atoms with E-state index in [1.165, 1.54) is 36.0 Å². The second-order valence-corrected chi connectivity index (χ2v) is 8.34. The third-order valence-corrected chi connectivity index (χ3v) is 5.19. The summed E-state index contributed by atoms with van der Waals surface area (Å²) in [5.41, 5.74) is 0.102. The summed E-state index contributed by atoms with van der Waals surface area (Å²) in [5.74, 6) is -3.63. The molecule has 0 heterocycles. The number of anilines is 2. The van der Waals surface area contributed by atoms with Crippen molar-refractivity contribution < 1.29 is 48.9 Å². The Bertz CT molecular complexity index is 1120. The zero-order chi connectivity index (χ0) is 29.9. The van der Waals surface area contributed by atoms with Gasteiger partial charge in [-0.3, -0.25) is 9.59 Å². The largest absolute Gasteiger partial charge is 4.00 e. The molecule has 0 aliphatic rings. The minimum Gasteiger partial charge on any atom is -0.366 e. The van der Waals surface area contributed by atoms with Gasteiger partial charge in [-0.05, 0) is 24.2 Å². The maximum absolute atomic E-state index is 13.2. The number of benzene rings is 2. The number of carbonyl (C=O) groups is 2. The number of carbonyl (C=O) groups excluding carboxylic acids is 2. The summed E-state index contributed by atoms with van der Waals surface area (Å²) in [6, 6.07) is 28.4. The third kappa shape index (κ3) is 14.6. The minimum absolute atomic E-state index is 0. The molecule has 0 atom stereocenters. The van der Waals surface area contributed by atoms with Crippen LogP contribution < -0.4 is 9.80 Å². The zero-order valence-corrected chi connectivity index (χ0v) is 25.2. The molecule has 0 fully saturated rings. The van der Waals surface area contributed by atoms with Crippen LogP contribution in [0.3, 0.4) is 0 Å². The molecule has 0 saturated heterocycles. The molecule has 0 radical (unpaired) electrons. The topological polar surface area (TPSA) is 40.6 Å². The van der Waals surface area contributed by atoms with E-state index in [-0.39, 0.29) is 44.9 Å². The molecule has 0 N–H and O–H groups in total. The molecular formula is C32H34F4N2O2Ti. The second kappa shape index (κ2) is 21.3. The van der Waals surface area contributed by atoms with Crippen molar-refractivity contribution in [3.8, 4) is 0 Å². The molecule has 0 bridgehead atoms. The van der Waals surface area contributed by atoms with E-state index in [1.807, 2.05) is 86.6 Å². The molecule has 0 saturated carbocycles. The molecule has 216 valence electrons. The van der Waals surface area contributed by atoms with Crippen molar-refractivity contribution in [2.45, 2.75) is 39.5 Å². The van der Waals surface area contributed by atoms with Gasteiger partial charge in [-0.25, -0.2) is 41.8 Å². The van der Waals surface area contributed by atoms with Crippen molar-refractivity contribution in [2.75, 3.05) is 23.9 Å². The van der Waals surface area contributed by atoms with Crippen LogP contribution >= 0.6 is 0 Å². The van der Waals surface area contributed by atoms with E-state index in [2.05, 4.69) is 0 Å². The standard InChI is InChI=1S/2C11H12F2NO.2C5H5.Ti/c2*1-3-4-11(15)14(2)10-6-5-8(12)7-9(10)13;2*1-2-4-5-3-1;/h2*5-6H,3-4H2,1-2H3;2*1-5H;/q4*-1;+4. The summed E-state index contributed by atoms with van der Waals surface area (Å²) in [5, 5.41) is 0. The van der Waals surface area contributed by atoms with Gasteiger partial charge in [0.15, 0.2) is 0 Å². The molecule has 41 heavy (non-hydrogen) atoms. The van der Waals surface area contributed by atoms with Crippen LogP contribution in [0.15, 0.2) is 84.9 Å². The molecule has 4 rings (SSSR count). The van der Waals surface area contributed by atoms with Crippen molar-refractivity contribution in [3.63, 3.8) is 0 Å². The maximum Gasteiger partial charge on any atom is 4.00 e. The van der Waals surface area contributed by atoms with E-state index in [4.69, 9.17) is 0 Å². The zero-order valence-electron chi connectivity index (χ0n) is 23.6. The summed E-state index contributed by atoms with van der Waals surface area (Å²) in [4.78, 5) is 25.2. The fourth-order valence-corrected chi connectivity index (χ4v) is 3.06. The Morgan fingerprint density at radius 3 is 1.20 bits per heavy atom. The monoisotopic (exact) mass is 602 g/mol. The van der Waals surface area contributed by atoms with Gasteiger partial charge >= 0.3 is 21.7 Å². The Balaban J connectivity index is 0.000000573. The molecule has 4 aromatic carbocycles. The molecule has 0 unspecified atom stereocenters. The molecule has 2 amide bonds. The van der Waals surface area contributed by atoms with Gasteiger partial charge in [-0.1, -0.05) is 13.8 Å². The fourth-order valence-electron chi connectivity index (χ4n) is 3.06. The van der Waals surface area contributed by atoms with Crippen molar-refractivity contribution in [1.29, 1.82) is 0 Å². The second-order valence-electron chi connectivity index (χ2n) is 8.34. The summed E-state index contributed by atoms with van der Waals surface area (Å²) >= 11 is 0. The molecule has 0 aliphatic heterocycles. The number of halogens is 4. The van der Waals surface area contributed by atoms with Crippen molar-refractivity contribution in [3.05, 3.63) is 120 Å². The molecule has 4 nitrogen and oxygen atoms in total. The number of amides is 2. The first-order valence-electron chi connectivity index (χ1n) is 12.7. The van der Waals surface area contributed by atoms with E-state index in [0.717, 1.165) is 12.1 Å². The summed E-state index contributed by atoms with van der Waals surface area (Å²) in [6.45, 7) is 3.72. The van der Waals surface area contributed by atoms with E-state index in [0.29, 0.717) is 25.7 Å². The van der Waals surface area contributed by atoms with Crippen LogP contribution in [0, 0.1) is 35.4 Å². The minimum atomic E-state index is -0.845. The average Bonchev–Trinajstić information content (AvgIpc) is 3.69. The first-order valence-corrected chi connectivity index (χ1v) is 12.7. The Labute approximate surface area is 255 Å². The number of nitrogens with zero attached hydrogens (tertiary/aromatic N) is 2. The Hall–Kier alpha value is -3.49. The SMILES string of the molecule is CCCC(=O)N(C)c1ccc(F)[c-]c1F.CCCC(=O)N(C)c1ccc(F)[c-]c1F.[Ti+4].c1cc[cH-]c1.c1cc[cH-]c1. The van der Waals surface area contributed by atoms with E-state index in [9.17, 15) is 27.2 Å². The molecule has 9 heteroatoms. The van der Waals surface area contributed by atoms with E-state index >= 15 is 0 Å². The van der Waals surface area contributed by atoms with Crippen molar-refractivity contribution >= 4 is 23.2 Å². The van der Waals surface area contributed by atoms with Gasteiger partial charge in [0.05, 0.1) is 0 Å². The summed E-state index contributed by atoms with van der Waals surface area (Å²) < 4.78 is 51.5. The van der Waals surface area contributed by atoms with Crippen LogP contribution in [0.5, 0.6) is 0 Å². The quantitative estimate of drug-likeness (QED) is 0.128. The van der Waals surface area contributed by atoms with Crippen LogP contribution in [-0.4, -0.2) is 25.9 Å². The molecule has 0 aromatic heterocycles. The predicted octanol–water partition coefficient (Wildman–Crippen LogP) is 7.86. The third-order valence-electron chi connectivity index (χ3n) is 5.19. The number of hydrogen-bond donors (Lipinski definition) is 0. The van der Waals surface area contributed by atoms with Crippen LogP contribution in [0.1, 0.15) is 39.5 Å². The van der Waals surface area contributed by atoms with Gasteiger partial charge in [0.1, 0.15) is 0 Å². The molecule has 4 aromatic rings. The van der Waals surface area contributed by atoms with Gasteiger partial charge in [0.2, 0.25) is 11.8 Å². The molecular weight excluding hydrogens is 568 g/mol. The average molecular weight is 602 g/mol. The Morgan fingerprint density at radius 2 is 0.976 bits per heavy atom. The normalized spacial score (nSPS) is 9.37. The maximum atomic E-state index is 13.2. The first-order chi connectivity index (χ1) is 19.1. The van der Waals surface area contributed by atoms with Gasteiger partial charge < -0.3 is 9.80 Å². The fraction of sp³-hybridized carbons (Fsp3) is 0.250. The molecule has 0 aliphatic carbocycles. The van der Waals surface area contributed by atoms with Crippen molar-refractivity contribution in [1.82, 2.24) is 0 Å². The van der Waals surface area contributed by atoms with Crippen LogP contribution in [-0.2, 0) is 31.3 Å². The Morgan fingerprint density at radius 1 is 0.659 bits per heavy atom. The van der Waals surface area contributed by atoms with E-state index < -0.39 is 23.3 Å². The number of rotatable bonds is 6. The number of hydrogen-bond acceptors (Lipinski definition) is 2. The van der Waals surface area contributed by atoms with E-state index in [1.54, 1.807) is 0 Å². The van der Waals surface area contributed by atoms with Crippen LogP contribution in [0.2, 0.25) is 0 Å². The first kappa shape index (κ1) is 37.5. The predicted molar refractivity (Wildman–Crippen MR) is 151 cm³/mol.